The first-order valence-electron chi connectivity index (χ1n) is 16.8. The van der Waals surface area contributed by atoms with Crippen LogP contribution < -0.4 is 10.4 Å². The Morgan fingerprint density at radius 3 is 2.62 bits per heavy atom. The van der Waals surface area contributed by atoms with E-state index < -0.39 is 5.79 Å². The number of hydrogen-bond donors (Lipinski definition) is 0. The number of aromatic nitrogens is 3. The third-order valence-corrected chi connectivity index (χ3v) is 9.58. The van der Waals surface area contributed by atoms with Gasteiger partial charge in [0.05, 0.1) is 30.7 Å². The minimum Gasteiger partial charge on any atom is -0.491 e. The van der Waals surface area contributed by atoms with Gasteiger partial charge < -0.3 is 23.2 Å². The summed E-state index contributed by atoms with van der Waals surface area (Å²) in [6.45, 7) is 7.53. The molecule has 4 heterocycles. The number of fused-ring (bicyclic) bond motifs is 1. The number of halogens is 2. The Bertz CT molecular complexity index is 2030. The van der Waals surface area contributed by atoms with E-state index in [4.69, 9.17) is 41.8 Å². The van der Waals surface area contributed by atoms with Crippen LogP contribution in [0.2, 0.25) is 10.0 Å². The molecule has 2 aliphatic rings. The van der Waals surface area contributed by atoms with Crippen LogP contribution in [0, 0.1) is 6.92 Å². The van der Waals surface area contributed by atoms with Crippen LogP contribution in [0.25, 0.3) is 17.5 Å². The molecule has 1 fully saturated rings. The molecule has 11 heteroatoms. The van der Waals surface area contributed by atoms with Crippen molar-refractivity contribution >= 4 is 29.3 Å². The zero-order valence-corrected chi connectivity index (χ0v) is 29.5. The molecule has 7 rings (SSSR count). The SMILES string of the molecule is CCc1c(C)nc(-c2ccc(C=CCN3CCc4cc(OC[C@H]5CO[C@](Cn6ccnc6)(c6cc(Cl)cc(Cl)c6)O5)ccc4C3)cc2)oc1=O. The molecule has 0 saturated carbocycles. The maximum absolute atomic E-state index is 12.3. The van der Waals surface area contributed by atoms with Crippen molar-refractivity contribution in [1.29, 1.82) is 0 Å². The molecule has 1 saturated heterocycles. The van der Waals surface area contributed by atoms with E-state index in [1.165, 1.54) is 11.1 Å². The molecular weight excluding hydrogens is 675 g/mol. The highest BCUT2D eigenvalue weighted by Gasteiger charge is 2.44. The fourth-order valence-electron chi connectivity index (χ4n) is 6.53. The Hall–Kier alpha value is -4.25. The Morgan fingerprint density at radius 2 is 1.88 bits per heavy atom. The minimum atomic E-state index is -1.07. The summed E-state index contributed by atoms with van der Waals surface area (Å²) in [5, 5.41) is 1.03. The van der Waals surface area contributed by atoms with E-state index in [1.54, 1.807) is 18.6 Å². The van der Waals surface area contributed by atoms with Crippen LogP contribution in [-0.2, 0) is 41.2 Å². The summed E-state index contributed by atoms with van der Waals surface area (Å²) in [7, 11) is 0. The van der Waals surface area contributed by atoms with Gasteiger partial charge in [-0.3, -0.25) is 4.90 Å². The highest BCUT2D eigenvalue weighted by Crippen LogP contribution is 2.39. The van der Waals surface area contributed by atoms with Crippen molar-refractivity contribution in [2.75, 3.05) is 26.3 Å². The summed E-state index contributed by atoms with van der Waals surface area (Å²) in [5.41, 5.74) is 6.23. The number of aryl methyl sites for hydroxylation is 1. The van der Waals surface area contributed by atoms with E-state index in [1.807, 2.05) is 67.1 Å². The Morgan fingerprint density at radius 1 is 1.06 bits per heavy atom. The highest BCUT2D eigenvalue weighted by molar-refractivity contribution is 6.34. The fraction of sp³-hybridized carbons (Fsp3) is 0.308. The number of hydrogen-bond acceptors (Lipinski definition) is 8. The standard InChI is InChI=1S/C39H38Cl2N4O5/c1-3-36-26(2)43-37(49-38(36)46)28-8-6-27(7-9-28)5-4-14-44-15-12-29-17-34(11-10-30(29)21-44)47-22-35-23-48-39(50-35,24-45-16-13-42-25-45)31-18-32(40)20-33(41)19-31/h4-11,13,16-20,25,35H,3,12,14-15,21-24H2,1-2H3/t35-,39-/m0/s1. The number of ether oxygens (including phenoxy) is 3. The number of nitrogens with zero attached hydrogens (tertiary/aromatic N) is 4. The van der Waals surface area contributed by atoms with Gasteiger partial charge in [0, 0.05) is 53.2 Å². The van der Waals surface area contributed by atoms with Gasteiger partial charge >= 0.3 is 5.63 Å². The lowest BCUT2D eigenvalue weighted by Crippen LogP contribution is -2.34. The molecule has 5 aromatic rings. The second kappa shape index (κ2) is 14.9. The molecule has 0 N–H and O–H groups in total. The van der Waals surface area contributed by atoms with Crippen molar-refractivity contribution in [3.8, 4) is 17.2 Å². The van der Waals surface area contributed by atoms with E-state index in [9.17, 15) is 4.79 Å². The predicted octanol–water partition coefficient (Wildman–Crippen LogP) is 7.49. The minimum absolute atomic E-state index is 0.292. The maximum atomic E-state index is 12.3. The Labute approximate surface area is 301 Å². The maximum Gasteiger partial charge on any atom is 0.342 e. The van der Waals surface area contributed by atoms with Crippen LogP contribution in [0.3, 0.4) is 0 Å². The van der Waals surface area contributed by atoms with Gasteiger partial charge in [0.25, 0.3) is 0 Å². The molecule has 0 spiro atoms. The van der Waals surface area contributed by atoms with Crippen LogP contribution >= 0.6 is 23.2 Å². The van der Waals surface area contributed by atoms with E-state index in [0.717, 1.165) is 48.5 Å². The summed E-state index contributed by atoms with van der Waals surface area (Å²) in [5.74, 6) is 0.0925. The topological polar surface area (TPSA) is 91.8 Å². The van der Waals surface area contributed by atoms with E-state index >= 15 is 0 Å². The van der Waals surface area contributed by atoms with E-state index in [2.05, 4.69) is 39.2 Å². The largest absolute Gasteiger partial charge is 0.491 e. The molecule has 2 aliphatic heterocycles. The van der Waals surface area contributed by atoms with Crippen LogP contribution in [0.15, 0.2) is 94.7 Å². The smallest absolute Gasteiger partial charge is 0.342 e. The second-order valence-electron chi connectivity index (χ2n) is 12.7. The van der Waals surface area contributed by atoms with Gasteiger partial charge in [-0.15, -0.1) is 0 Å². The van der Waals surface area contributed by atoms with Gasteiger partial charge in [-0.1, -0.05) is 60.5 Å². The van der Waals surface area contributed by atoms with Crippen LogP contribution in [0.5, 0.6) is 5.75 Å². The lowest BCUT2D eigenvalue weighted by atomic mass is 9.99. The molecule has 2 atom stereocenters. The molecule has 0 bridgehead atoms. The van der Waals surface area contributed by atoms with Gasteiger partial charge in [0.2, 0.25) is 11.7 Å². The average Bonchev–Trinajstić information content (AvgIpc) is 3.78. The van der Waals surface area contributed by atoms with Gasteiger partial charge in [0.15, 0.2) is 0 Å². The third kappa shape index (κ3) is 7.72. The summed E-state index contributed by atoms with van der Waals surface area (Å²) in [6, 6.07) is 19.6. The fourth-order valence-corrected chi connectivity index (χ4v) is 7.05. The molecule has 50 heavy (non-hydrogen) atoms. The Balaban J connectivity index is 0.928. The Kier molecular flexibility index (Phi) is 10.2. The summed E-state index contributed by atoms with van der Waals surface area (Å²) in [4.78, 5) is 23.3. The number of imidazole rings is 1. The highest BCUT2D eigenvalue weighted by atomic mass is 35.5. The zero-order chi connectivity index (χ0) is 34.7. The normalized spacial score (nSPS) is 19.2. The molecule has 3 aromatic carbocycles. The van der Waals surface area contributed by atoms with Gasteiger partial charge in [-0.2, -0.15) is 0 Å². The summed E-state index contributed by atoms with van der Waals surface area (Å²) >= 11 is 12.7. The summed E-state index contributed by atoms with van der Waals surface area (Å²) in [6.07, 6.45) is 10.9. The van der Waals surface area contributed by atoms with Crippen molar-refractivity contribution < 1.29 is 18.6 Å². The average molecular weight is 714 g/mol. The van der Waals surface area contributed by atoms with Crippen molar-refractivity contribution in [3.05, 3.63) is 139 Å². The first-order valence-corrected chi connectivity index (χ1v) is 17.5. The molecule has 0 unspecified atom stereocenters. The molecule has 0 aliphatic carbocycles. The molecule has 0 amide bonds. The lowest BCUT2D eigenvalue weighted by Gasteiger charge is -2.29. The number of benzene rings is 3. The van der Waals surface area contributed by atoms with E-state index in [0.29, 0.717) is 53.4 Å². The molecule has 2 aromatic heterocycles. The van der Waals surface area contributed by atoms with Gasteiger partial charge in [-0.25, -0.2) is 14.8 Å². The van der Waals surface area contributed by atoms with Crippen molar-refractivity contribution in [2.45, 2.75) is 51.7 Å². The van der Waals surface area contributed by atoms with Crippen molar-refractivity contribution in [3.63, 3.8) is 0 Å². The molecular formula is C39H38Cl2N4O5. The van der Waals surface area contributed by atoms with Gasteiger partial charge in [0.1, 0.15) is 18.5 Å². The monoisotopic (exact) mass is 712 g/mol. The van der Waals surface area contributed by atoms with E-state index in [-0.39, 0.29) is 11.7 Å². The number of rotatable bonds is 11. The van der Waals surface area contributed by atoms with Crippen molar-refractivity contribution in [1.82, 2.24) is 19.4 Å². The first kappa shape index (κ1) is 34.2. The zero-order valence-electron chi connectivity index (χ0n) is 28.0. The lowest BCUT2D eigenvalue weighted by molar-refractivity contribution is -0.189. The van der Waals surface area contributed by atoms with Gasteiger partial charge in [-0.05, 0) is 78.9 Å². The molecule has 0 radical (unpaired) electrons. The second-order valence-corrected chi connectivity index (χ2v) is 13.5. The van der Waals surface area contributed by atoms with Crippen LogP contribution in [0.1, 0.15) is 40.4 Å². The van der Waals surface area contributed by atoms with Crippen LogP contribution in [-0.4, -0.2) is 51.8 Å². The quantitative estimate of drug-likeness (QED) is 0.139. The molecule has 258 valence electrons. The van der Waals surface area contributed by atoms with Crippen LogP contribution in [0.4, 0.5) is 0 Å². The van der Waals surface area contributed by atoms with Crippen molar-refractivity contribution in [2.24, 2.45) is 0 Å². The molecule has 9 nitrogen and oxygen atoms in total. The predicted molar refractivity (Wildman–Crippen MR) is 193 cm³/mol. The first-order chi connectivity index (χ1) is 24.3. The summed E-state index contributed by atoms with van der Waals surface area (Å²) < 4.78 is 26.5. The third-order valence-electron chi connectivity index (χ3n) is 9.14.